The van der Waals surface area contributed by atoms with E-state index in [-0.39, 0.29) is 24.5 Å². The summed E-state index contributed by atoms with van der Waals surface area (Å²) in [5, 5.41) is 0. The zero-order valence-electron chi connectivity index (χ0n) is 12.0. The van der Waals surface area contributed by atoms with E-state index in [4.69, 9.17) is 4.74 Å². The summed E-state index contributed by atoms with van der Waals surface area (Å²) in [6, 6.07) is 5.96. The number of nitrogens with zero attached hydrogens (tertiary/aromatic N) is 1. The van der Waals surface area contributed by atoms with E-state index in [1.807, 2.05) is 0 Å². The average Bonchev–Trinajstić information content (AvgIpc) is 2.38. The molecule has 0 aliphatic carbocycles. The third kappa shape index (κ3) is 4.06. The first kappa shape index (κ1) is 17.7. The molecular formula is C11H19N3O5S2. The van der Waals surface area contributed by atoms with Crippen molar-refractivity contribution in [2.24, 2.45) is 0 Å². The molecule has 0 heterocycles. The largest absolute Gasteiger partial charge is 0.495 e. The summed E-state index contributed by atoms with van der Waals surface area (Å²) in [5.41, 5.74) is -0.0955. The Kier molecular flexibility index (Phi) is 5.96. The normalized spacial score (nSPS) is 12.1. The fraction of sp³-hybridized carbons (Fsp3) is 0.455. The number of nitrogens with one attached hydrogen (secondary N) is 2. The number of hydrogen-bond acceptors (Lipinski definition) is 5. The van der Waals surface area contributed by atoms with Crippen molar-refractivity contribution in [2.75, 3.05) is 23.9 Å². The lowest BCUT2D eigenvalue weighted by Gasteiger charge is -2.25. The van der Waals surface area contributed by atoms with Crippen molar-refractivity contribution >= 4 is 26.1 Å². The Labute approximate surface area is 125 Å². The van der Waals surface area contributed by atoms with Gasteiger partial charge in [-0.25, -0.2) is 0 Å². The molecule has 8 nitrogen and oxygen atoms in total. The van der Waals surface area contributed by atoms with Gasteiger partial charge in [0, 0.05) is 13.1 Å². The monoisotopic (exact) mass is 337 g/mol. The molecule has 1 aromatic rings. The molecule has 21 heavy (non-hydrogen) atoms. The van der Waals surface area contributed by atoms with Gasteiger partial charge in [0.2, 0.25) is 0 Å². The van der Waals surface area contributed by atoms with Crippen LogP contribution in [0, 0.1) is 0 Å². The number of hydrogen-bond donors (Lipinski definition) is 2. The van der Waals surface area contributed by atoms with Gasteiger partial charge >= 0.3 is 20.4 Å². The van der Waals surface area contributed by atoms with Crippen molar-refractivity contribution in [3.63, 3.8) is 0 Å². The van der Waals surface area contributed by atoms with Crippen LogP contribution in [0.3, 0.4) is 0 Å². The Bertz CT molecular complexity index is 637. The van der Waals surface area contributed by atoms with Crippen LogP contribution in [0.5, 0.6) is 5.75 Å². The van der Waals surface area contributed by atoms with Crippen LogP contribution in [0.25, 0.3) is 0 Å². The quantitative estimate of drug-likeness (QED) is 0.705. The first-order valence-electron chi connectivity index (χ1n) is 6.22. The van der Waals surface area contributed by atoms with Crippen molar-refractivity contribution < 1.29 is 21.6 Å². The van der Waals surface area contributed by atoms with Crippen molar-refractivity contribution in [3.8, 4) is 5.75 Å². The number of anilines is 1. The van der Waals surface area contributed by atoms with Gasteiger partial charge in [0.15, 0.2) is 0 Å². The molecule has 10 heteroatoms. The fourth-order valence-corrected chi connectivity index (χ4v) is 4.78. The Hall–Kier alpha value is -1.36. The fourth-order valence-electron chi connectivity index (χ4n) is 1.65. The molecule has 1 rings (SSSR count). The molecule has 0 aliphatic rings. The molecule has 0 amide bonds. The molecule has 0 bridgehead atoms. The first-order valence-corrected chi connectivity index (χ1v) is 9.10. The molecule has 2 N–H and O–H groups in total. The summed E-state index contributed by atoms with van der Waals surface area (Å²) < 4.78 is 58.7. The Morgan fingerprint density at radius 1 is 1.00 bits per heavy atom. The Balaban J connectivity index is 3.54. The van der Waals surface area contributed by atoms with Gasteiger partial charge in [0.25, 0.3) is 0 Å². The summed E-state index contributed by atoms with van der Waals surface area (Å²) in [6.07, 6.45) is 0. The summed E-state index contributed by atoms with van der Waals surface area (Å²) in [7, 11) is -7.24. The highest BCUT2D eigenvalue weighted by atomic mass is 32.3. The summed E-state index contributed by atoms with van der Waals surface area (Å²) in [6.45, 7) is 3.21. The van der Waals surface area contributed by atoms with Gasteiger partial charge in [-0.2, -0.15) is 26.3 Å². The topological polar surface area (TPSA) is 105 Å². The minimum absolute atomic E-state index is 0.0512. The van der Waals surface area contributed by atoms with E-state index in [0.717, 1.165) is 0 Å². The Morgan fingerprint density at radius 2 is 1.48 bits per heavy atom. The summed E-state index contributed by atoms with van der Waals surface area (Å²) in [4.78, 5) is 0. The molecule has 0 radical (unpaired) electrons. The second kappa shape index (κ2) is 7.07. The van der Waals surface area contributed by atoms with Gasteiger partial charge in [0.05, 0.1) is 7.11 Å². The SMILES string of the molecule is CCNS(=O)(=O)N(c1ccccc1OC)S(=O)(=O)NCC. The molecule has 0 saturated heterocycles. The molecular weight excluding hydrogens is 318 g/mol. The van der Waals surface area contributed by atoms with Gasteiger partial charge < -0.3 is 4.74 Å². The molecule has 0 aliphatic heterocycles. The first-order chi connectivity index (χ1) is 9.80. The van der Waals surface area contributed by atoms with Crippen LogP contribution in [0.4, 0.5) is 5.69 Å². The summed E-state index contributed by atoms with van der Waals surface area (Å²) >= 11 is 0. The second-order valence-electron chi connectivity index (χ2n) is 3.87. The predicted molar refractivity (Wildman–Crippen MR) is 80.7 cm³/mol. The highest BCUT2D eigenvalue weighted by Gasteiger charge is 2.35. The van der Waals surface area contributed by atoms with Crippen molar-refractivity contribution in [1.29, 1.82) is 0 Å². The van der Waals surface area contributed by atoms with Crippen molar-refractivity contribution in [3.05, 3.63) is 24.3 Å². The van der Waals surface area contributed by atoms with E-state index in [1.165, 1.54) is 25.3 Å². The maximum Gasteiger partial charge on any atom is 0.315 e. The molecule has 0 aromatic heterocycles. The van der Waals surface area contributed by atoms with Crippen LogP contribution in [-0.2, 0) is 20.4 Å². The number of benzene rings is 1. The second-order valence-corrected chi connectivity index (χ2v) is 7.31. The van der Waals surface area contributed by atoms with Gasteiger partial charge in [-0.3, -0.25) is 0 Å². The lowest BCUT2D eigenvalue weighted by Crippen LogP contribution is -2.49. The van der Waals surface area contributed by atoms with E-state index in [0.29, 0.717) is 3.71 Å². The Morgan fingerprint density at radius 3 is 1.90 bits per heavy atom. The van der Waals surface area contributed by atoms with Crippen LogP contribution in [-0.4, -0.2) is 37.0 Å². The molecule has 0 fully saturated rings. The van der Waals surface area contributed by atoms with Gasteiger partial charge in [-0.05, 0) is 12.1 Å². The number of para-hydroxylation sites is 2. The van der Waals surface area contributed by atoms with Crippen LogP contribution < -0.4 is 17.9 Å². The van der Waals surface area contributed by atoms with Gasteiger partial charge in [0.1, 0.15) is 11.4 Å². The van der Waals surface area contributed by atoms with Crippen LogP contribution in [0.2, 0.25) is 0 Å². The molecule has 0 saturated carbocycles. The zero-order chi connectivity index (χ0) is 16.1. The van der Waals surface area contributed by atoms with Crippen LogP contribution in [0.15, 0.2) is 24.3 Å². The van der Waals surface area contributed by atoms with Gasteiger partial charge in [-0.1, -0.05) is 26.0 Å². The van der Waals surface area contributed by atoms with Crippen molar-refractivity contribution in [1.82, 2.24) is 9.44 Å². The van der Waals surface area contributed by atoms with Gasteiger partial charge in [-0.15, -0.1) is 3.71 Å². The van der Waals surface area contributed by atoms with Crippen molar-refractivity contribution in [2.45, 2.75) is 13.8 Å². The number of methoxy groups -OCH3 is 1. The van der Waals surface area contributed by atoms with E-state index in [9.17, 15) is 16.8 Å². The van der Waals surface area contributed by atoms with E-state index in [2.05, 4.69) is 9.44 Å². The molecule has 0 unspecified atom stereocenters. The van der Waals surface area contributed by atoms with E-state index < -0.39 is 20.4 Å². The molecule has 1 aromatic carbocycles. The average molecular weight is 337 g/mol. The highest BCUT2D eigenvalue weighted by Crippen LogP contribution is 2.31. The minimum Gasteiger partial charge on any atom is -0.495 e. The third-order valence-corrected chi connectivity index (χ3v) is 6.12. The third-order valence-electron chi connectivity index (χ3n) is 2.37. The van der Waals surface area contributed by atoms with Crippen LogP contribution in [0.1, 0.15) is 13.8 Å². The predicted octanol–water partition coefficient (Wildman–Crippen LogP) is 0.210. The zero-order valence-corrected chi connectivity index (χ0v) is 13.7. The molecule has 0 atom stereocenters. The maximum absolute atomic E-state index is 12.3. The smallest absolute Gasteiger partial charge is 0.315 e. The minimum atomic E-state index is -4.29. The molecule has 0 spiro atoms. The van der Waals surface area contributed by atoms with E-state index >= 15 is 0 Å². The summed E-state index contributed by atoms with van der Waals surface area (Å²) in [5.74, 6) is 0.125. The van der Waals surface area contributed by atoms with Crippen LogP contribution >= 0.6 is 0 Å². The lowest BCUT2D eigenvalue weighted by atomic mass is 10.3. The lowest BCUT2D eigenvalue weighted by molar-refractivity contribution is 0.416. The standard InChI is InChI=1S/C11H19N3O5S2/c1-4-12-20(15,16)14(21(17,18)13-5-2)10-8-6-7-9-11(10)19-3/h6-9,12-13H,4-5H2,1-3H3. The highest BCUT2D eigenvalue weighted by molar-refractivity contribution is 8.08. The molecule has 120 valence electrons. The van der Waals surface area contributed by atoms with E-state index in [1.54, 1.807) is 19.9 Å². The maximum atomic E-state index is 12.3. The number of rotatable bonds is 8. The number of ether oxygens (including phenoxy) is 1.